The molecule has 6 heteroatoms. The molecule has 3 unspecified atom stereocenters. The molecule has 0 saturated carbocycles. The van der Waals surface area contributed by atoms with Crippen LogP contribution in [0.5, 0.6) is 0 Å². The van der Waals surface area contributed by atoms with Crippen LogP contribution in [-0.2, 0) is 14.3 Å². The molecule has 0 spiro atoms. The number of methoxy groups -OCH3 is 1. The van der Waals surface area contributed by atoms with Gasteiger partial charge in [-0.2, -0.15) is 0 Å². The summed E-state index contributed by atoms with van der Waals surface area (Å²) < 4.78 is 18.1. The maximum absolute atomic E-state index is 13.2. The van der Waals surface area contributed by atoms with Crippen LogP contribution in [0.1, 0.15) is 17.9 Å². The molecule has 126 valence electrons. The van der Waals surface area contributed by atoms with E-state index in [4.69, 9.17) is 4.74 Å². The van der Waals surface area contributed by atoms with Gasteiger partial charge in [0.25, 0.3) is 0 Å². The zero-order valence-corrected chi connectivity index (χ0v) is 14.3. The van der Waals surface area contributed by atoms with Gasteiger partial charge in [-0.3, -0.25) is 9.59 Å². The Balaban J connectivity index is 2.01. The number of carbonyl (C=O) groups is 2. The van der Waals surface area contributed by atoms with Gasteiger partial charge in [-0.15, -0.1) is 11.8 Å². The minimum Gasteiger partial charge on any atom is -0.468 e. The van der Waals surface area contributed by atoms with Gasteiger partial charge in [-0.25, -0.2) is 4.39 Å². The van der Waals surface area contributed by atoms with Crippen molar-refractivity contribution in [2.45, 2.75) is 17.8 Å². The molecule has 1 heterocycles. The number of amides is 1. The summed E-state index contributed by atoms with van der Waals surface area (Å²) in [5.74, 6) is -1.02. The molecule has 1 aromatic rings. The summed E-state index contributed by atoms with van der Waals surface area (Å²) in [6.07, 6.45) is 7.22. The van der Waals surface area contributed by atoms with Crippen molar-refractivity contribution in [2.75, 3.05) is 12.9 Å². The fourth-order valence-corrected chi connectivity index (χ4v) is 4.50. The molecule has 1 aromatic carbocycles. The first kappa shape index (κ1) is 16.8. The van der Waals surface area contributed by atoms with E-state index in [-0.39, 0.29) is 23.1 Å². The van der Waals surface area contributed by atoms with Crippen molar-refractivity contribution in [3.05, 3.63) is 60.0 Å². The summed E-state index contributed by atoms with van der Waals surface area (Å²) in [5, 5.41) is -0.272. The van der Waals surface area contributed by atoms with Crippen molar-refractivity contribution in [3.63, 3.8) is 0 Å². The molecule has 1 aliphatic heterocycles. The maximum Gasteiger partial charge on any atom is 0.315 e. The van der Waals surface area contributed by atoms with Gasteiger partial charge in [0.1, 0.15) is 17.1 Å². The van der Waals surface area contributed by atoms with Crippen LogP contribution in [0.4, 0.5) is 4.39 Å². The molecule has 0 aromatic heterocycles. The highest BCUT2D eigenvalue weighted by molar-refractivity contribution is 8.00. The van der Waals surface area contributed by atoms with Crippen LogP contribution < -0.4 is 0 Å². The van der Waals surface area contributed by atoms with Crippen molar-refractivity contribution in [1.82, 2.24) is 4.90 Å². The number of hydrogen-bond acceptors (Lipinski definition) is 4. The molecular formula is C18H18FNO3S. The smallest absolute Gasteiger partial charge is 0.315 e. The number of nitrogens with zero attached hydrogens (tertiary/aromatic N) is 1. The number of allylic oxidation sites excluding steroid dienone is 2. The van der Waals surface area contributed by atoms with Gasteiger partial charge in [-0.1, -0.05) is 36.4 Å². The summed E-state index contributed by atoms with van der Waals surface area (Å²) in [6, 6.07) is 6.12. The topological polar surface area (TPSA) is 46.6 Å². The summed E-state index contributed by atoms with van der Waals surface area (Å²) in [6.45, 7) is 1.86. The normalized spacial score (nSPS) is 29.1. The van der Waals surface area contributed by atoms with Crippen LogP contribution in [0.3, 0.4) is 0 Å². The Hall–Kier alpha value is -2.08. The Morgan fingerprint density at radius 2 is 2.04 bits per heavy atom. The van der Waals surface area contributed by atoms with Gasteiger partial charge in [-0.05, 0) is 24.6 Å². The summed E-state index contributed by atoms with van der Waals surface area (Å²) in [7, 11) is 1.34. The molecule has 0 N–H and O–H groups in total. The molecule has 24 heavy (non-hydrogen) atoms. The highest BCUT2D eigenvalue weighted by Gasteiger charge is 2.50. The summed E-state index contributed by atoms with van der Waals surface area (Å²) in [4.78, 5) is 26.6. The highest BCUT2D eigenvalue weighted by atomic mass is 32.2. The molecule has 2 aliphatic rings. The fourth-order valence-electron chi connectivity index (χ4n) is 3.22. The third-order valence-electron chi connectivity index (χ3n) is 4.48. The molecule has 1 amide bonds. The minimum atomic E-state index is -0.832. The van der Waals surface area contributed by atoms with E-state index in [0.717, 1.165) is 5.56 Å². The molecule has 1 fully saturated rings. The van der Waals surface area contributed by atoms with Gasteiger partial charge in [0.15, 0.2) is 0 Å². The average molecular weight is 347 g/mol. The first-order valence-corrected chi connectivity index (χ1v) is 8.65. The van der Waals surface area contributed by atoms with E-state index >= 15 is 0 Å². The molecule has 1 saturated heterocycles. The third-order valence-corrected chi connectivity index (χ3v) is 5.69. The van der Waals surface area contributed by atoms with E-state index < -0.39 is 11.5 Å². The predicted octanol–water partition coefficient (Wildman–Crippen LogP) is 3.07. The lowest BCUT2D eigenvalue weighted by Gasteiger charge is -2.44. The molecule has 4 nitrogen and oxygen atoms in total. The average Bonchev–Trinajstić information content (AvgIpc) is 2.97. The number of benzene rings is 1. The van der Waals surface area contributed by atoms with Crippen LogP contribution in [0.25, 0.3) is 0 Å². The van der Waals surface area contributed by atoms with Crippen LogP contribution in [0.15, 0.2) is 48.6 Å². The van der Waals surface area contributed by atoms with Crippen molar-refractivity contribution in [3.8, 4) is 0 Å². The van der Waals surface area contributed by atoms with Crippen molar-refractivity contribution in [1.29, 1.82) is 0 Å². The van der Waals surface area contributed by atoms with Gasteiger partial charge in [0, 0.05) is 0 Å². The number of halogens is 1. The number of thioether (sulfide) groups is 1. The van der Waals surface area contributed by atoms with E-state index in [1.165, 1.54) is 31.0 Å². The van der Waals surface area contributed by atoms with E-state index in [1.54, 1.807) is 29.2 Å². The van der Waals surface area contributed by atoms with Gasteiger partial charge in [0.2, 0.25) is 5.91 Å². The molecule has 0 radical (unpaired) electrons. The summed E-state index contributed by atoms with van der Waals surface area (Å²) >= 11 is 1.47. The second-order valence-corrected chi connectivity index (χ2v) is 7.02. The SMILES string of the molecule is COC(=O)C1C=CC=CC1(C)N1C(=O)CSC1c1ccc(F)cc1. The number of ether oxygens (including phenoxy) is 1. The molecule has 0 bridgehead atoms. The Morgan fingerprint density at radius 1 is 1.33 bits per heavy atom. The van der Waals surface area contributed by atoms with Crippen LogP contribution in [0, 0.1) is 11.7 Å². The number of carbonyl (C=O) groups excluding carboxylic acids is 2. The predicted molar refractivity (Wildman–Crippen MR) is 90.6 cm³/mol. The Labute approximate surface area is 144 Å². The zero-order valence-electron chi connectivity index (χ0n) is 13.4. The van der Waals surface area contributed by atoms with Gasteiger partial charge < -0.3 is 9.64 Å². The van der Waals surface area contributed by atoms with Crippen molar-refractivity contribution in [2.24, 2.45) is 5.92 Å². The van der Waals surface area contributed by atoms with E-state index in [9.17, 15) is 14.0 Å². The highest BCUT2D eigenvalue weighted by Crippen LogP contribution is 2.46. The Morgan fingerprint density at radius 3 is 2.71 bits per heavy atom. The standard InChI is InChI=1S/C18H18FNO3S/c1-18(10-4-3-5-14(18)17(22)23-2)20-15(21)11-24-16(20)12-6-8-13(19)9-7-12/h3-10,14,16H,11H2,1-2H3. The Kier molecular flexibility index (Phi) is 4.49. The monoisotopic (exact) mass is 347 g/mol. The second kappa shape index (κ2) is 6.43. The number of rotatable bonds is 3. The first-order chi connectivity index (χ1) is 11.5. The lowest BCUT2D eigenvalue weighted by molar-refractivity contribution is -0.149. The first-order valence-electron chi connectivity index (χ1n) is 7.60. The maximum atomic E-state index is 13.2. The lowest BCUT2D eigenvalue weighted by Crippen LogP contribution is -2.54. The van der Waals surface area contributed by atoms with Gasteiger partial charge in [0.05, 0.1) is 18.4 Å². The van der Waals surface area contributed by atoms with E-state index in [0.29, 0.717) is 5.75 Å². The van der Waals surface area contributed by atoms with Crippen molar-refractivity contribution < 1.29 is 18.7 Å². The number of hydrogen-bond donors (Lipinski definition) is 0. The third kappa shape index (κ3) is 2.75. The van der Waals surface area contributed by atoms with Crippen LogP contribution in [-0.4, -0.2) is 35.2 Å². The largest absolute Gasteiger partial charge is 0.468 e. The molecular weight excluding hydrogens is 329 g/mol. The Bertz CT molecular complexity index is 715. The van der Waals surface area contributed by atoms with Gasteiger partial charge >= 0.3 is 5.97 Å². The van der Waals surface area contributed by atoms with Crippen LogP contribution in [0.2, 0.25) is 0 Å². The summed E-state index contributed by atoms with van der Waals surface area (Å²) in [5.41, 5.74) is 0.00151. The molecule has 3 rings (SSSR count). The molecule has 3 atom stereocenters. The fraction of sp³-hybridized carbons (Fsp3) is 0.333. The minimum absolute atomic E-state index is 0.0503. The molecule has 1 aliphatic carbocycles. The zero-order chi connectivity index (χ0) is 17.3. The van der Waals surface area contributed by atoms with E-state index in [2.05, 4.69) is 0 Å². The lowest BCUT2D eigenvalue weighted by atomic mass is 9.80. The number of esters is 1. The van der Waals surface area contributed by atoms with E-state index in [1.807, 2.05) is 19.1 Å². The quantitative estimate of drug-likeness (QED) is 0.789. The second-order valence-electron chi connectivity index (χ2n) is 5.95. The van der Waals surface area contributed by atoms with Crippen molar-refractivity contribution >= 4 is 23.6 Å². The van der Waals surface area contributed by atoms with Crippen LogP contribution >= 0.6 is 11.8 Å².